The molecule has 0 N–H and O–H groups in total. The maximum Gasteiger partial charge on any atom is 0.573 e. The molecule has 0 aliphatic rings. The van der Waals surface area contributed by atoms with Gasteiger partial charge in [0, 0.05) is 18.0 Å². The summed E-state index contributed by atoms with van der Waals surface area (Å²) in [4.78, 5) is 8.56. The Morgan fingerprint density at radius 1 is 1.14 bits per heavy atom. The third kappa shape index (κ3) is 3.01. The van der Waals surface area contributed by atoms with E-state index < -0.39 is 6.36 Å². The standard InChI is InChI=1S/C14H9F3IN3O/c1-8-12(18)21-7-10(6-19-13(21)20-8)9-2-4-11(5-3-9)22-14(15,16)17/h2-7H,1H3. The highest BCUT2D eigenvalue weighted by Gasteiger charge is 2.30. The first-order valence-electron chi connectivity index (χ1n) is 6.20. The third-order valence-electron chi connectivity index (χ3n) is 3.00. The van der Waals surface area contributed by atoms with Gasteiger partial charge in [0.2, 0.25) is 5.78 Å². The molecule has 3 aromatic rings. The number of hydrogen-bond acceptors (Lipinski definition) is 3. The van der Waals surface area contributed by atoms with Crippen LogP contribution in [0.15, 0.2) is 36.7 Å². The predicted octanol–water partition coefficient (Wildman–Crippen LogP) is 4.21. The van der Waals surface area contributed by atoms with Crippen molar-refractivity contribution < 1.29 is 17.9 Å². The molecule has 3 rings (SSSR count). The number of aromatic nitrogens is 3. The van der Waals surface area contributed by atoms with Crippen molar-refractivity contribution in [2.75, 3.05) is 0 Å². The van der Waals surface area contributed by atoms with E-state index in [9.17, 15) is 13.2 Å². The number of aryl methyl sites for hydroxylation is 1. The summed E-state index contributed by atoms with van der Waals surface area (Å²) in [5.41, 5.74) is 2.40. The first-order valence-corrected chi connectivity index (χ1v) is 7.28. The summed E-state index contributed by atoms with van der Waals surface area (Å²) in [5, 5.41) is 0. The molecule has 0 aliphatic heterocycles. The van der Waals surface area contributed by atoms with Crippen molar-refractivity contribution in [1.82, 2.24) is 14.4 Å². The van der Waals surface area contributed by atoms with Crippen molar-refractivity contribution >= 4 is 28.4 Å². The second kappa shape index (κ2) is 5.41. The Hall–Kier alpha value is -1.84. The lowest BCUT2D eigenvalue weighted by Gasteiger charge is -2.09. The van der Waals surface area contributed by atoms with Gasteiger partial charge in [0.1, 0.15) is 9.45 Å². The molecule has 2 aromatic heterocycles. The molecule has 114 valence electrons. The van der Waals surface area contributed by atoms with Crippen LogP contribution in [0.2, 0.25) is 0 Å². The summed E-state index contributed by atoms with van der Waals surface area (Å²) in [5.74, 6) is 0.334. The molecule has 1 aromatic carbocycles. The summed E-state index contributed by atoms with van der Waals surface area (Å²) in [6.07, 6.45) is -1.20. The smallest absolute Gasteiger partial charge is 0.406 e. The van der Waals surface area contributed by atoms with Gasteiger partial charge in [-0.1, -0.05) is 12.1 Å². The van der Waals surface area contributed by atoms with Crippen molar-refractivity contribution in [1.29, 1.82) is 0 Å². The molecule has 0 unspecified atom stereocenters. The molecule has 22 heavy (non-hydrogen) atoms. The molecule has 0 atom stereocenters. The normalized spacial score (nSPS) is 11.9. The number of imidazole rings is 1. The fourth-order valence-corrected chi connectivity index (χ4v) is 2.49. The Morgan fingerprint density at radius 2 is 1.82 bits per heavy atom. The Bertz CT molecular complexity index is 828. The fraction of sp³-hybridized carbons (Fsp3) is 0.143. The molecule has 2 heterocycles. The molecule has 0 fully saturated rings. The largest absolute Gasteiger partial charge is 0.573 e. The van der Waals surface area contributed by atoms with Gasteiger partial charge in [0.15, 0.2) is 0 Å². The Kier molecular flexibility index (Phi) is 3.71. The quantitative estimate of drug-likeness (QED) is 0.585. The van der Waals surface area contributed by atoms with Gasteiger partial charge in [-0.25, -0.2) is 9.97 Å². The molecular formula is C14H9F3IN3O. The summed E-state index contributed by atoms with van der Waals surface area (Å²) in [6.45, 7) is 1.89. The molecule has 0 radical (unpaired) electrons. The molecular weight excluding hydrogens is 410 g/mol. The fourth-order valence-electron chi connectivity index (χ4n) is 2.02. The second-order valence-electron chi connectivity index (χ2n) is 4.57. The van der Waals surface area contributed by atoms with Crippen LogP contribution < -0.4 is 4.74 Å². The van der Waals surface area contributed by atoms with Crippen LogP contribution in [0.1, 0.15) is 5.69 Å². The van der Waals surface area contributed by atoms with E-state index in [1.54, 1.807) is 18.3 Å². The van der Waals surface area contributed by atoms with E-state index in [4.69, 9.17) is 0 Å². The number of nitrogens with zero attached hydrogens (tertiary/aromatic N) is 3. The number of fused-ring (bicyclic) bond motifs is 1. The molecule has 8 heteroatoms. The Morgan fingerprint density at radius 3 is 2.45 bits per heavy atom. The molecule has 4 nitrogen and oxygen atoms in total. The van der Waals surface area contributed by atoms with Gasteiger partial charge >= 0.3 is 6.36 Å². The minimum absolute atomic E-state index is 0.252. The summed E-state index contributed by atoms with van der Waals surface area (Å²) >= 11 is 2.17. The third-order valence-corrected chi connectivity index (χ3v) is 4.30. The van der Waals surface area contributed by atoms with E-state index in [0.717, 1.165) is 20.5 Å². The molecule has 0 amide bonds. The van der Waals surface area contributed by atoms with E-state index in [0.29, 0.717) is 5.78 Å². The SMILES string of the molecule is Cc1nc2ncc(-c3ccc(OC(F)(F)F)cc3)cn2c1I. The number of benzene rings is 1. The lowest BCUT2D eigenvalue weighted by Crippen LogP contribution is -2.16. The topological polar surface area (TPSA) is 39.4 Å². The van der Waals surface area contributed by atoms with E-state index in [-0.39, 0.29) is 5.75 Å². The zero-order valence-electron chi connectivity index (χ0n) is 11.2. The number of ether oxygens (including phenoxy) is 1. The maximum atomic E-state index is 12.1. The highest BCUT2D eigenvalue weighted by molar-refractivity contribution is 14.1. The molecule has 0 bridgehead atoms. The minimum Gasteiger partial charge on any atom is -0.406 e. The molecule has 0 saturated carbocycles. The van der Waals surface area contributed by atoms with Gasteiger partial charge in [-0.2, -0.15) is 0 Å². The van der Waals surface area contributed by atoms with Gasteiger partial charge in [-0.05, 0) is 47.2 Å². The lowest BCUT2D eigenvalue weighted by atomic mass is 10.1. The zero-order chi connectivity index (χ0) is 15.9. The van der Waals surface area contributed by atoms with Crippen molar-refractivity contribution in [2.45, 2.75) is 13.3 Å². The van der Waals surface area contributed by atoms with Crippen LogP contribution >= 0.6 is 22.6 Å². The van der Waals surface area contributed by atoms with Crippen molar-refractivity contribution in [3.8, 4) is 16.9 Å². The number of alkyl halides is 3. The predicted molar refractivity (Wildman–Crippen MR) is 82.6 cm³/mol. The van der Waals surface area contributed by atoms with Crippen molar-refractivity contribution in [3.05, 3.63) is 46.1 Å². The number of halogens is 4. The Balaban J connectivity index is 1.95. The summed E-state index contributed by atoms with van der Waals surface area (Å²) in [7, 11) is 0. The van der Waals surface area contributed by atoms with Crippen LogP contribution in [0, 0.1) is 10.6 Å². The average molecular weight is 419 g/mol. The second-order valence-corrected chi connectivity index (χ2v) is 5.59. The van der Waals surface area contributed by atoms with Crippen LogP contribution in [0.3, 0.4) is 0 Å². The molecule has 0 saturated heterocycles. The van der Waals surface area contributed by atoms with Crippen LogP contribution in [0.25, 0.3) is 16.9 Å². The van der Waals surface area contributed by atoms with Crippen molar-refractivity contribution in [2.24, 2.45) is 0 Å². The van der Waals surface area contributed by atoms with Crippen LogP contribution in [-0.2, 0) is 0 Å². The highest BCUT2D eigenvalue weighted by Crippen LogP contribution is 2.26. The average Bonchev–Trinajstić information content (AvgIpc) is 2.73. The van der Waals surface area contributed by atoms with E-state index >= 15 is 0 Å². The number of rotatable bonds is 2. The van der Waals surface area contributed by atoms with Gasteiger partial charge < -0.3 is 4.74 Å². The monoisotopic (exact) mass is 419 g/mol. The van der Waals surface area contributed by atoms with Gasteiger partial charge in [-0.3, -0.25) is 4.40 Å². The van der Waals surface area contributed by atoms with Crippen LogP contribution in [0.4, 0.5) is 13.2 Å². The molecule has 0 aliphatic carbocycles. The van der Waals surface area contributed by atoms with Crippen molar-refractivity contribution in [3.63, 3.8) is 0 Å². The first-order chi connectivity index (χ1) is 10.3. The molecule has 0 spiro atoms. The summed E-state index contributed by atoms with van der Waals surface area (Å²) in [6, 6.07) is 5.66. The minimum atomic E-state index is -4.69. The first kappa shape index (κ1) is 15.1. The highest BCUT2D eigenvalue weighted by atomic mass is 127. The van der Waals surface area contributed by atoms with Crippen LogP contribution in [-0.4, -0.2) is 20.7 Å². The van der Waals surface area contributed by atoms with E-state index in [1.807, 2.05) is 17.5 Å². The lowest BCUT2D eigenvalue weighted by molar-refractivity contribution is -0.274. The number of hydrogen-bond donors (Lipinski definition) is 0. The van der Waals surface area contributed by atoms with E-state index in [2.05, 4.69) is 37.3 Å². The van der Waals surface area contributed by atoms with Gasteiger partial charge in [0.05, 0.1) is 5.69 Å². The van der Waals surface area contributed by atoms with E-state index in [1.165, 1.54) is 12.1 Å². The van der Waals surface area contributed by atoms with Gasteiger partial charge in [0.25, 0.3) is 0 Å². The Labute approximate surface area is 137 Å². The maximum absolute atomic E-state index is 12.1. The van der Waals surface area contributed by atoms with Gasteiger partial charge in [-0.15, -0.1) is 13.2 Å². The zero-order valence-corrected chi connectivity index (χ0v) is 13.4. The summed E-state index contributed by atoms with van der Waals surface area (Å²) < 4.78 is 43.1. The van der Waals surface area contributed by atoms with Crippen LogP contribution in [0.5, 0.6) is 5.75 Å².